The molecule has 0 aromatic heterocycles. The van der Waals surface area contributed by atoms with Crippen LogP contribution in [0.25, 0.3) is 0 Å². The summed E-state index contributed by atoms with van der Waals surface area (Å²) in [6.45, 7) is 1.70. The average molecular weight is 294 g/mol. The molecule has 21 heavy (non-hydrogen) atoms. The van der Waals surface area contributed by atoms with Crippen LogP contribution < -0.4 is 20.5 Å². The maximum Gasteiger partial charge on any atom is 0.200 e. The molecule has 0 saturated heterocycles. The molecule has 2 rings (SSSR count). The molecule has 1 aliphatic carbocycles. The van der Waals surface area contributed by atoms with Gasteiger partial charge in [-0.25, -0.2) is 0 Å². The summed E-state index contributed by atoms with van der Waals surface area (Å²) in [4.78, 5) is 0. The highest BCUT2D eigenvalue weighted by molar-refractivity contribution is 5.61. The van der Waals surface area contributed by atoms with Gasteiger partial charge in [-0.3, -0.25) is 0 Å². The molecule has 0 heterocycles. The lowest BCUT2D eigenvalue weighted by atomic mass is 9.81. The van der Waals surface area contributed by atoms with Gasteiger partial charge in [-0.2, -0.15) is 0 Å². The third-order valence-electron chi connectivity index (χ3n) is 4.30. The van der Waals surface area contributed by atoms with E-state index in [-0.39, 0.29) is 5.75 Å². The van der Waals surface area contributed by atoms with E-state index in [1.807, 2.05) is 0 Å². The number of hydrogen-bond donors (Lipinski definition) is 3. The first-order chi connectivity index (χ1) is 10.2. The summed E-state index contributed by atoms with van der Waals surface area (Å²) >= 11 is 0. The Morgan fingerprint density at radius 1 is 1.19 bits per heavy atom. The van der Waals surface area contributed by atoms with Crippen molar-refractivity contribution in [3.05, 3.63) is 12.1 Å². The highest BCUT2D eigenvalue weighted by atomic mass is 16.5. The molecule has 0 spiro atoms. The molecular weight excluding hydrogens is 268 g/mol. The molecular formula is C16H26N2O3. The molecule has 118 valence electrons. The Labute approximate surface area is 126 Å². The van der Waals surface area contributed by atoms with Crippen molar-refractivity contribution in [1.82, 2.24) is 0 Å². The minimum absolute atomic E-state index is 0.0337. The van der Waals surface area contributed by atoms with Gasteiger partial charge in [0.2, 0.25) is 5.75 Å². The van der Waals surface area contributed by atoms with E-state index < -0.39 is 0 Å². The number of nitrogens with one attached hydrogen (secondary N) is 1. The molecule has 1 fully saturated rings. The van der Waals surface area contributed by atoms with Crippen molar-refractivity contribution >= 4 is 5.69 Å². The number of phenols is 1. The van der Waals surface area contributed by atoms with E-state index in [1.165, 1.54) is 39.9 Å². The van der Waals surface area contributed by atoms with Crippen LogP contribution in [-0.4, -0.2) is 32.4 Å². The first kappa shape index (κ1) is 15.8. The van der Waals surface area contributed by atoms with E-state index in [0.717, 1.165) is 18.8 Å². The maximum absolute atomic E-state index is 9.91. The van der Waals surface area contributed by atoms with Gasteiger partial charge < -0.3 is 25.6 Å². The topological polar surface area (TPSA) is 76.7 Å². The van der Waals surface area contributed by atoms with Crippen molar-refractivity contribution in [2.24, 2.45) is 17.6 Å². The van der Waals surface area contributed by atoms with Crippen LogP contribution in [0, 0.1) is 11.8 Å². The molecule has 0 amide bonds. The molecule has 0 bridgehead atoms. The second kappa shape index (κ2) is 7.41. The van der Waals surface area contributed by atoms with Crippen molar-refractivity contribution in [2.45, 2.75) is 25.7 Å². The predicted molar refractivity (Wildman–Crippen MR) is 84.2 cm³/mol. The first-order valence-electron chi connectivity index (χ1n) is 7.56. The second-order valence-electron chi connectivity index (χ2n) is 5.74. The number of nitrogens with two attached hydrogens (primary N) is 1. The Morgan fingerprint density at radius 3 is 2.38 bits per heavy atom. The third kappa shape index (κ3) is 3.94. The second-order valence-corrected chi connectivity index (χ2v) is 5.74. The molecule has 1 saturated carbocycles. The Morgan fingerprint density at radius 2 is 1.81 bits per heavy atom. The van der Waals surface area contributed by atoms with Gasteiger partial charge in [-0.1, -0.05) is 6.42 Å². The first-order valence-corrected chi connectivity index (χ1v) is 7.56. The third-order valence-corrected chi connectivity index (χ3v) is 4.30. The maximum atomic E-state index is 9.91. The van der Waals surface area contributed by atoms with Gasteiger partial charge >= 0.3 is 0 Å². The zero-order valence-electron chi connectivity index (χ0n) is 12.9. The monoisotopic (exact) mass is 294 g/mol. The van der Waals surface area contributed by atoms with Crippen molar-refractivity contribution in [1.29, 1.82) is 0 Å². The Balaban J connectivity index is 1.99. The van der Waals surface area contributed by atoms with Crippen LogP contribution in [0.4, 0.5) is 5.69 Å². The fourth-order valence-corrected chi connectivity index (χ4v) is 3.06. The lowest BCUT2D eigenvalue weighted by Gasteiger charge is -2.28. The van der Waals surface area contributed by atoms with Crippen molar-refractivity contribution in [3.63, 3.8) is 0 Å². The lowest BCUT2D eigenvalue weighted by molar-refractivity contribution is 0.281. The highest BCUT2D eigenvalue weighted by Gasteiger charge is 2.21. The number of ether oxygens (including phenoxy) is 2. The van der Waals surface area contributed by atoms with Crippen LogP contribution in [-0.2, 0) is 0 Å². The Kier molecular flexibility index (Phi) is 5.56. The highest BCUT2D eigenvalue weighted by Crippen LogP contribution is 2.39. The zero-order valence-corrected chi connectivity index (χ0v) is 12.9. The van der Waals surface area contributed by atoms with Crippen LogP contribution in [0.2, 0.25) is 0 Å². The summed E-state index contributed by atoms with van der Waals surface area (Å²) < 4.78 is 10.3. The molecule has 4 N–H and O–H groups in total. The van der Waals surface area contributed by atoms with E-state index in [4.69, 9.17) is 15.2 Å². The van der Waals surface area contributed by atoms with Gasteiger partial charge in [0.15, 0.2) is 11.5 Å². The van der Waals surface area contributed by atoms with Crippen molar-refractivity contribution in [2.75, 3.05) is 32.6 Å². The Hall–Kier alpha value is -1.62. The SMILES string of the molecule is COc1cc(NCC2CCCC(CN)C2)cc(OC)c1O. The van der Waals surface area contributed by atoms with Gasteiger partial charge in [0, 0.05) is 24.4 Å². The summed E-state index contributed by atoms with van der Waals surface area (Å²) in [5.41, 5.74) is 6.68. The number of benzene rings is 1. The molecule has 1 aliphatic rings. The van der Waals surface area contributed by atoms with E-state index in [2.05, 4.69) is 5.32 Å². The van der Waals surface area contributed by atoms with Gasteiger partial charge in [-0.05, 0) is 37.6 Å². The van der Waals surface area contributed by atoms with E-state index in [1.54, 1.807) is 12.1 Å². The molecule has 1 aromatic carbocycles. The minimum atomic E-state index is 0.0337. The number of methoxy groups -OCH3 is 2. The van der Waals surface area contributed by atoms with Gasteiger partial charge in [0.05, 0.1) is 14.2 Å². The number of aromatic hydroxyl groups is 1. The molecule has 5 heteroatoms. The van der Waals surface area contributed by atoms with Gasteiger partial charge in [0.1, 0.15) is 0 Å². The standard InChI is InChI=1S/C16H26N2O3/c1-20-14-7-13(8-15(21-2)16(14)19)18-10-12-5-3-4-11(6-12)9-17/h7-8,11-12,18-19H,3-6,9-10,17H2,1-2H3. The fraction of sp³-hybridized carbons (Fsp3) is 0.625. The molecule has 0 radical (unpaired) electrons. The Bertz CT molecular complexity index is 440. The fourth-order valence-electron chi connectivity index (χ4n) is 3.06. The summed E-state index contributed by atoms with van der Waals surface area (Å²) in [6.07, 6.45) is 4.95. The zero-order chi connectivity index (χ0) is 15.2. The van der Waals surface area contributed by atoms with Crippen molar-refractivity contribution < 1.29 is 14.6 Å². The summed E-state index contributed by atoms with van der Waals surface area (Å²) in [5, 5.41) is 13.3. The summed E-state index contributed by atoms with van der Waals surface area (Å²) in [5.74, 6) is 2.18. The van der Waals surface area contributed by atoms with E-state index in [9.17, 15) is 5.11 Å². The van der Waals surface area contributed by atoms with Gasteiger partial charge in [-0.15, -0.1) is 0 Å². The number of phenolic OH excluding ortho intramolecular Hbond substituents is 1. The van der Waals surface area contributed by atoms with E-state index in [0.29, 0.717) is 23.3 Å². The van der Waals surface area contributed by atoms with Gasteiger partial charge in [0.25, 0.3) is 0 Å². The van der Waals surface area contributed by atoms with Crippen molar-refractivity contribution in [3.8, 4) is 17.2 Å². The molecule has 2 unspecified atom stereocenters. The normalized spacial score (nSPS) is 21.9. The molecule has 2 atom stereocenters. The largest absolute Gasteiger partial charge is 0.502 e. The summed E-state index contributed by atoms with van der Waals surface area (Å²) in [7, 11) is 3.07. The summed E-state index contributed by atoms with van der Waals surface area (Å²) in [6, 6.07) is 3.59. The van der Waals surface area contributed by atoms with Crippen LogP contribution in [0.5, 0.6) is 17.2 Å². The smallest absolute Gasteiger partial charge is 0.200 e. The quantitative estimate of drug-likeness (QED) is 0.703. The molecule has 1 aromatic rings. The minimum Gasteiger partial charge on any atom is -0.502 e. The van der Waals surface area contributed by atoms with Crippen LogP contribution in [0.3, 0.4) is 0 Å². The van der Waals surface area contributed by atoms with Crippen LogP contribution in [0.15, 0.2) is 12.1 Å². The van der Waals surface area contributed by atoms with Crippen LogP contribution in [0.1, 0.15) is 25.7 Å². The van der Waals surface area contributed by atoms with Crippen LogP contribution >= 0.6 is 0 Å². The number of anilines is 1. The number of rotatable bonds is 6. The average Bonchev–Trinajstić information content (AvgIpc) is 2.54. The predicted octanol–water partition coefficient (Wildman–Crippen LogP) is 2.59. The molecule has 0 aliphatic heterocycles. The number of hydrogen-bond acceptors (Lipinski definition) is 5. The molecule has 5 nitrogen and oxygen atoms in total. The van der Waals surface area contributed by atoms with E-state index >= 15 is 0 Å². The lowest BCUT2D eigenvalue weighted by Crippen LogP contribution is -2.26.